The number of amides is 1. The normalized spacial score (nSPS) is 9.79. The molecule has 102 valence electrons. The van der Waals surface area contributed by atoms with Crippen molar-refractivity contribution < 1.29 is 19.2 Å². The molecule has 0 aliphatic carbocycles. The van der Waals surface area contributed by atoms with E-state index in [1.54, 1.807) is 19.1 Å². The predicted molar refractivity (Wildman–Crippen MR) is 67.7 cm³/mol. The highest BCUT2D eigenvalue weighted by molar-refractivity contribution is 5.92. The van der Waals surface area contributed by atoms with Crippen molar-refractivity contribution in [3.05, 3.63) is 33.9 Å². The zero-order valence-electron chi connectivity index (χ0n) is 10.6. The third-order valence-corrected chi connectivity index (χ3v) is 2.47. The molecule has 1 N–H and O–H groups in total. The van der Waals surface area contributed by atoms with Crippen molar-refractivity contribution in [2.75, 3.05) is 12.4 Å². The van der Waals surface area contributed by atoms with Crippen LogP contribution >= 0.6 is 0 Å². The first-order chi connectivity index (χ1) is 8.93. The van der Waals surface area contributed by atoms with Crippen LogP contribution in [0.25, 0.3) is 0 Å². The zero-order chi connectivity index (χ0) is 14.4. The lowest BCUT2D eigenvalue weighted by Gasteiger charge is -2.05. The van der Waals surface area contributed by atoms with Gasteiger partial charge in [-0.25, -0.2) is 0 Å². The Morgan fingerprint density at radius 1 is 1.37 bits per heavy atom. The summed E-state index contributed by atoms with van der Waals surface area (Å²) in [7, 11) is 1.24. The van der Waals surface area contributed by atoms with E-state index in [4.69, 9.17) is 0 Å². The summed E-state index contributed by atoms with van der Waals surface area (Å²) in [6, 6.07) is 4.40. The number of nitro benzene ring substituents is 1. The number of nitrogens with one attached hydrogen (secondary N) is 1. The third-order valence-electron chi connectivity index (χ3n) is 2.47. The quantitative estimate of drug-likeness (QED) is 0.497. The number of benzene rings is 1. The number of ether oxygens (including phenoxy) is 1. The highest BCUT2D eigenvalue weighted by Crippen LogP contribution is 2.22. The molecule has 1 amide bonds. The molecule has 0 atom stereocenters. The van der Waals surface area contributed by atoms with Crippen molar-refractivity contribution in [1.29, 1.82) is 0 Å². The Hall–Kier alpha value is -2.44. The van der Waals surface area contributed by atoms with Crippen LogP contribution < -0.4 is 5.32 Å². The molecule has 1 rings (SSSR count). The van der Waals surface area contributed by atoms with Crippen molar-refractivity contribution in [3.63, 3.8) is 0 Å². The average molecular weight is 266 g/mol. The van der Waals surface area contributed by atoms with Gasteiger partial charge in [-0.15, -0.1) is 0 Å². The summed E-state index contributed by atoms with van der Waals surface area (Å²) in [5.74, 6) is -0.881. The molecule has 0 spiro atoms. The standard InChI is InChI=1S/C12H14N2O5/c1-8-3-4-9(7-10(8)14(17)18)13-11(15)5-6-12(16)19-2/h3-4,7H,5-6H2,1-2H3,(H,13,15). The fourth-order valence-corrected chi connectivity index (χ4v) is 1.42. The van der Waals surface area contributed by atoms with Gasteiger partial charge in [0, 0.05) is 23.7 Å². The lowest BCUT2D eigenvalue weighted by atomic mass is 10.2. The number of aryl methyl sites for hydroxylation is 1. The molecule has 1 aromatic carbocycles. The highest BCUT2D eigenvalue weighted by atomic mass is 16.6. The van der Waals surface area contributed by atoms with E-state index in [2.05, 4.69) is 10.1 Å². The summed E-state index contributed by atoms with van der Waals surface area (Å²) in [5, 5.41) is 13.2. The van der Waals surface area contributed by atoms with Crippen LogP contribution in [0.15, 0.2) is 18.2 Å². The third kappa shape index (κ3) is 4.38. The maximum Gasteiger partial charge on any atom is 0.306 e. The number of methoxy groups -OCH3 is 1. The lowest BCUT2D eigenvalue weighted by molar-refractivity contribution is -0.385. The lowest BCUT2D eigenvalue weighted by Crippen LogP contribution is -2.14. The van der Waals surface area contributed by atoms with Crippen LogP contribution in [-0.4, -0.2) is 23.9 Å². The maximum absolute atomic E-state index is 11.5. The van der Waals surface area contributed by atoms with Gasteiger partial charge in [-0.2, -0.15) is 0 Å². The van der Waals surface area contributed by atoms with Gasteiger partial charge < -0.3 is 10.1 Å². The number of nitro groups is 1. The molecule has 19 heavy (non-hydrogen) atoms. The van der Waals surface area contributed by atoms with Gasteiger partial charge in [0.25, 0.3) is 5.69 Å². The van der Waals surface area contributed by atoms with E-state index in [1.165, 1.54) is 13.2 Å². The van der Waals surface area contributed by atoms with Crippen molar-refractivity contribution in [1.82, 2.24) is 0 Å². The van der Waals surface area contributed by atoms with Gasteiger partial charge in [0.1, 0.15) is 0 Å². The summed E-state index contributed by atoms with van der Waals surface area (Å²) < 4.78 is 4.41. The van der Waals surface area contributed by atoms with E-state index in [9.17, 15) is 19.7 Å². The number of carbonyl (C=O) groups is 2. The fourth-order valence-electron chi connectivity index (χ4n) is 1.42. The molecular weight excluding hydrogens is 252 g/mol. The number of rotatable bonds is 5. The van der Waals surface area contributed by atoms with Crippen LogP contribution in [0.2, 0.25) is 0 Å². The van der Waals surface area contributed by atoms with Gasteiger partial charge in [-0.05, 0) is 13.0 Å². The highest BCUT2D eigenvalue weighted by Gasteiger charge is 2.13. The molecule has 0 bridgehead atoms. The molecule has 0 heterocycles. The van der Waals surface area contributed by atoms with Gasteiger partial charge in [0.2, 0.25) is 5.91 Å². The number of esters is 1. The van der Waals surface area contributed by atoms with Crippen molar-refractivity contribution >= 4 is 23.3 Å². The van der Waals surface area contributed by atoms with Crippen molar-refractivity contribution in [2.45, 2.75) is 19.8 Å². The van der Waals surface area contributed by atoms with Crippen molar-refractivity contribution in [2.24, 2.45) is 0 Å². The maximum atomic E-state index is 11.5. The molecular formula is C12H14N2O5. The van der Waals surface area contributed by atoms with E-state index in [-0.39, 0.29) is 18.5 Å². The summed E-state index contributed by atoms with van der Waals surface area (Å²) in [5.41, 5.74) is 0.774. The van der Waals surface area contributed by atoms with Crippen LogP contribution in [-0.2, 0) is 14.3 Å². The topological polar surface area (TPSA) is 98.5 Å². The van der Waals surface area contributed by atoms with Crippen LogP contribution in [0, 0.1) is 17.0 Å². The second kappa shape index (κ2) is 6.48. The summed E-state index contributed by atoms with van der Waals surface area (Å²) in [6.45, 7) is 1.61. The Kier molecular flexibility index (Phi) is 4.99. The first kappa shape index (κ1) is 14.6. The van der Waals surface area contributed by atoms with E-state index in [0.29, 0.717) is 11.3 Å². The average Bonchev–Trinajstić information content (AvgIpc) is 2.37. The largest absolute Gasteiger partial charge is 0.469 e. The molecule has 0 unspecified atom stereocenters. The Morgan fingerprint density at radius 3 is 2.63 bits per heavy atom. The molecule has 0 saturated heterocycles. The minimum Gasteiger partial charge on any atom is -0.469 e. The number of hydrogen-bond donors (Lipinski definition) is 1. The summed E-state index contributed by atoms with van der Waals surface area (Å²) >= 11 is 0. The van der Waals surface area contributed by atoms with Gasteiger partial charge in [-0.3, -0.25) is 19.7 Å². The molecule has 0 aliphatic heterocycles. The van der Waals surface area contributed by atoms with E-state index in [0.717, 1.165) is 0 Å². The number of hydrogen-bond acceptors (Lipinski definition) is 5. The molecule has 1 aromatic rings. The van der Waals surface area contributed by atoms with Crippen LogP contribution in [0.3, 0.4) is 0 Å². The second-order valence-electron chi connectivity index (χ2n) is 3.88. The predicted octanol–water partition coefficient (Wildman–Crippen LogP) is 1.79. The Morgan fingerprint density at radius 2 is 2.05 bits per heavy atom. The molecule has 0 saturated carbocycles. The first-order valence-electron chi connectivity index (χ1n) is 5.55. The molecule has 7 nitrogen and oxygen atoms in total. The van der Waals surface area contributed by atoms with E-state index >= 15 is 0 Å². The fraction of sp³-hybridized carbons (Fsp3) is 0.333. The Balaban J connectivity index is 2.67. The van der Waals surface area contributed by atoms with Crippen LogP contribution in [0.4, 0.5) is 11.4 Å². The molecule has 7 heteroatoms. The molecule has 0 aromatic heterocycles. The SMILES string of the molecule is COC(=O)CCC(=O)Nc1ccc(C)c([N+](=O)[O-])c1. The number of anilines is 1. The van der Waals surface area contributed by atoms with Crippen molar-refractivity contribution in [3.8, 4) is 0 Å². The molecule has 0 radical (unpaired) electrons. The van der Waals surface area contributed by atoms with Crippen LogP contribution in [0.1, 0.15) is 18.4 Å². The molecule has 0 aliphatic rings. The van der Waals surface area contributed by atoms with Gasteiger partial charge in [-0.1, -0.05) is 6.07 Å². The summed E-state index contributed by atoms with van der Waals surface area (Å²) in [6.07, 6.45) is -0.0648. The second-order valence-corrected chi connectivity index (χ2v) is 3.88. The summed E-state index contributed by atoms with van der Waals surface area (Å²) in [4.78, 5) is 32.6. The van der Waals surface area contributed by atoms with Gasteiger partial charge in [0.05, 0.1) is 18.5 Å². The Bertz CT molecular complexity index is 513. The van der Waals surface area contributed by atoms with E-state index < -0.39 is 16.8 Å². The number of carbonyl (C=O) groups excluding carboxylic acids is 2. The van der Waals surface area contributed by atoms with Gasteiger partial charge >= 0.3 is 5.97 Å². The zero-order valence-corrected chi connectivity index (χ0v) is 10.6. The first-order valence-corrected chi connectivity index (χ1v) is 5.55. The minimum atomic E-state index is -0.514. The monoisotopic (exact) mass is 266 g/mol. The Labute approximate surface area is 109 Å². The van der Waals surface area contributed by atoms with E-state index in [1.807, 2.05) is 0 Å². The minimum absolute atomic E-state index is 0.0315. The smallest absolute Gasteiger partial charge is 0.306 e. The molecule has 0 fully saturated rings. The van der Waals surface area contributed by atoms with Crippen LogP contribution in [0.5, 0.6) is 0 Å². The van der Waals surface area contributed by atoms with Gasteiger partial charge in [0.15, 0.2) is 0 Å². The number of nitrogens with zero attached hydrogens (tertiary/aromatic N) is 1.